The third-order valence-electron chi connectivity index (χ3n) is 3.34. The number of carbonyl (C=O) groups excluding carboxylic acids is 1. The van der Waals surface area contributed by atoms with Crippen LogP contribution < -0.4 is 0 Å². The number of pyridine rings is 1. The molecule has 0 aliphatic rings. The summed E-state index contributed by atoms with van der Waals surface area (Å²) in [5.74, 6) is 3.07. The van der Waals surface area contributed by atoms with E-state index >= 15 is 0 Å². The maximum Gasteiger partial charge on any atom is 0.263 e. The van der Waals surface area contributed by atoms with Gasteiger partial charge in [-0.2, -0.15) is 0 Å². The van der Waals surface area contributed by atoms with Gasteiger partial charge in [0.25, 0.3) is 5.91 Å². The van der Waals surface area contributed by atoms with E-state index in [1.165, 1.54) is 0 Å². The van der Waals surface area contributed by atoms with Gasteiger partial charge in [0.05, 0.1) is 0 Å². The molecule has 0 atom stereocenters. The van der Waals surface area contributed by atoms with Crippen LogP contribution in [0, 0.1) is 11.5 Å². The maximum absolute atomic E-state index is 12.6. The molecule has 0 radical (unpaired) electrons. The van der Waals surface area contributed by atoms with Crippen molar-refractivity contribution in [1.82, 2.24) is 9.55 Å². The Balaban J connectivity index is 2.05. The van der Waals surface area contributed by atoms with E-state index in [0.29, 0.717) is 16.9 Å². The van der Waals surface area contributed by atoms with Crippen LogP contribution in [0.25, 0.3) is 11.0 Å². The normalized spacial score (nSPS) is 11.1. The van der Waals surface area contributed by atoms with Gasteiger partial charge in [-0.05, 0) is 30.3 Å². The van der Waals surface area contributed by atoms with E-state index in [4.69, 9.17) is 0 Å². The van der Waals surface area contributed by atoms with Crippen molar-refractivity contribution in [2.24, 2.45) is 0 Å². The van der Waals surface area contributed by atoms with Crippen LogP contribution in [0.5, 0.6) is 0 Å². The van der Waals surface area contributed by atoms with Gasteiger partial charge in [-0.3, -0.25) is 9.36 Å². The molecule has 3 nitrogen and oxygen atoms in total. The minimum absolute atomic E-state index is 0.0802. The summed E-state index contributed by atoms with van der Waals surface area (Å²) in [5.41, 5.74) is 5.31. The van der Waals surface area contributed by atoms with E-state index in [-0.39, 0.29) is 5.91 Å². The first kappa shape index (κ1) is 15.3. The second-order valence-electron chi connectivity index (χ2n) is 6.47. The lowest BCUT2D eigenvalue weighted by molar-refractivity contribution is 0.0964. The van der Waals surface area contributed by atoms with E-state index in [9.17, 15) is 4.79 Å². The summed E-state index contributed by atoms with van der Waals surface area (Å²) < 4.78 is 1.59. The third kappa shape index (κ3) is 3.41. The predicted octanol–water partition coefficient (Wildman–Crippen LogP) is 3.95. The number of hydrogen-bond acceptors (Lipinski definition) is 2. The number of rotatable bonds is 1. The number of fused-ring (bicyclic) bond motifs is 1. The molecule has 4 heteroatoms. The fraction of sp³-hybridized carbons (Fsp3) is 0.158. The number of nitrogens with zero attached hydrogens (tertiary/aromatic N) is 2. The zero-order valence-electron chi connectivity index (χ0n) is 13.5. The van der Waals surface area contributed by atoms with Crippen molar-refractivity contribution < 1.29 is 4.79 Å². The first-order valence-corrected chi connectivity index (χ1v) is 11.1. The molecule has 1 aromatic carbocycles. The molecule has 2 aromatic heterocycles. The zero-order chi connectivity index (χ0) is 16.4. The molecule has 0 unspecified atom stereocenters. The highest BCUT2D eigenvalue weighted by molar-refractivity contribution is 6.83. The smallest absolute Gasteiger partial charge is 0.263 e. The molecule has 0 N–H and O–H groups in total. The van der Waals surface area contributed by atoms with Gasteiger partial charge in [0.15, 0.2) is 0 Å². The van der Waals surface area contributed by atoms with Gasteiger partial charge in [-0.15, -0.1) is 5.54 Å². The second kappa shape index (κ2) is 5.86. The fourth-order valence-electron chi connectivity index (χ4n) is 2.21. The van der Waals surface area contributed by atoms with Crippen LogP contribution in [0.15, 0.2) is 54.7 Å². The molecule has 0 saturated carbocycles. The summed E-state index contributed by atoms with van der Waals surface area (Å²) in [6, 6.07) is 15.0. The highest BCUT2D eigenvalue weighted by Crippen LogP contribution is 2.16. The molecule has 0 amide bonds. The maximum atomic E-state index is 12.6. The molecule has 0 fully saturated rings. The summed E-state index contributed by atoms with van der Waals surface area (Å²) in [4.78, 5) is 17.2. The first-order valence-electron chi connectivity index (χ1n) is 7.55. The molecule has 3 aromatic rings. The zero-order valence-corrected chi connectivity index (χ0v) is 14.5. The molecule has 0 aliphatic carbocycles. The average molecular weight is 318 g/mol. The molecule has 0 spiro atoms. The quantitative estimate of drug-likeness (QED) is 0.503. The average Bonchev–Trinajstić information content (AvgIpc) is 2.95. The largest absolute Gasteiger partial charge is 0.268 e. The van der Waals surface area contributed by atoms with Crippen LogP contribution in [0.4, 0.5) is 0 Å². The highest BCUT2D eigenvalue weighted by atomic mass is 28.3. The molecule has 23 heavy (non-hydrogen) atoms. The van der Waals surface area contributed by atoms with Crippen molar-refractivity contribution in [1.29, 1.82) is 0 Å². The topological polar surface area (TPSA) is 34.9 Å². The Morgan fingerprint density at radius 2 is 1.78 bits per heavy atom. The van der Waals surface area contributed by atoms with Gasteiger partial charge >= 0.3 is 0 Å². The third-order valence-corrected chi connectivity index (χ3v) is 4.22. The van der Waals surface area contributed by atoms with Gasteiger partial charge in [0.1, 0.15) is 19.4 Å². The van der Waals surface area contributed by atoms with Crippen molar-refractivity contribution in [3.63, 3.8) is 0 Å². The lowest BCUT2D eigenvalue weighted by Gasteiger charge is -2.05. The SMILES string of the molecule is C[Si](C)(C)C#Cc1ccc2ccn(C(=O)c3ccccc3)c2n1. The lowest BCUT2D eigenvalue weighted by atomic mass is 10.2. The Morgan fingerprint density at radius 3 is 2.48 bits per heavy atom. The molecule has 3 rings (SSSR count). The van der Waals surface area contributed by atoms with Crippen LogP contribution in [-0.4, -0.2) is 23.5 Å². The van der Waals surface area contributed by atoms with Gasteiger partial charge in [-0.25, -0.2) is 4.98 Å². The summed E-state index contributed by atoms with van der Waals surface area (Å²) >= 11 is 0. The predicted molar refractivity (Wildman–Crippen MR) is 96.1 cm³/mol. The standard InChI is InChI=1S/C19H18N2OSi/c1-23(2,3)14-12-17-10-9-15-11-13-21(18(15)20-17)19(22)16-7-5-4-6-8-16/h4-11,13H,1-3H3. The number of benzene rings is 1. The first-order chi connectivity index (χ1) is 10.9. The summed E-state index contributed by atoms with van der Waals surface area (Å²) in [7, 11) is -1.45. The highest BCUT2D eigenvalue weighted by Gasteiger charge is 2.12. The van der Waals surface area contributed by atoms with Crippen molar-refractivity contribution in [3.05, 3.63) is 66.0 Å². The van der Waals surface area contributed by atoms with Gasteiger partial charge in [0, 0.05) is 17.1 Å². The fourth-order valence-corrected chi connectivity index (χ4v) is 2.72. The lowest BCUT2D eigenvalue weighted by Crippen LogP contribution is -2.16. The minimum atomic E-state index is -1.45. The van der Waals surface area contributed by atoms with Crippen LogP contribution >= 0.6 is 0 Å². The van der Waals surface area contributed by atoms with Crippen molar-refractivity contribution in [2.75, 3.05) is 0 Å². The monoisotopic (exact) mass is 318 g/mol. The van der Waals surface area contributed by atoms with Gasteiger partial charge in [-0.1, -0.05) is 43.8 Å². The van der Waals surface area contributed by atoms with E-state index in [0.717, 1.165) is 5.39 Å². The molecule has 2 heterocycles. The molecule has 0 aliphatic heterocycles. The number of carbonyl (C=O) groups is 1. The minimum Gasteiger partial charge on any atom is -0.268 e. The van der Waals surface area contributed by atoms with Crippen LogP contribution in [0.3, 0.4) is 0 Å². The van der Waals surface area contributed by atoms with Crippen LogP contribution in [0.1, 0.15) is 16.1 Å². The Bertz CT molecular complexity index is 925. The molecular weight excluding hydrogens is 300 g/mol. The summed E-state index contributed by atoms with van der Waals surface area (Å²) in [6.45, 7) is 6.58. The van der Waals surface area contributed by atoms with Crippen molar-refractivity contribution in [2.45, 2.75) is 19.6 Å². The van der Waals surface area contributed by atoms with Gasteiger partial charge < -0.3 is 0 Å². The van der Waals surface area contributed by atoms with E-state index in [1.807, 2.05) is 48.5 Å². The Morgan fingerprint density at radius 1 is 1.04 bits per heavy atom. The van der Waals surface area contributed by atoms with E-state index in [2.05, 4.69) is 36.1 Å². The van der Waals surface area contributed by atoms with Crippen LogP contribution in [0.2, 0.25) is 19.6 Å². The Labute approximate surface area is 137 Å². The Kier molecular flexibility index (Phi) is 3.89. The van der Waals surface area contributed by atoms with E-state index < -0.39 is 8.07 Å². The molecular formula is C19H18N2OSi. The molecule has 114 valence electrons. The van der Waals surface area contributed by atoms with Crippen molar-refractivity contribution in [3.8, 4) is 11.5 Å². The number of hydrogen-bond donors (Lipinski definition) is 0. The summed E-state index contributed by atoms with van der Waals surface area (Å²) in [5, 5.41) is 0.938. The second-order valence-corrected chi connectivity index (χ2v) is 11.2. The van der Waals surface area contributed by atoms with Crippen molar-refractivity contribution >= 4 is 25.0 Å². The van der Waals surface area contributed by atoms with E-state index in [1.54, 1.807) is 10.8 Å². The number of aromatic nitrogens is 2. The Hall–Kier alpha value is -2.64. The molecule has 0 bridgehead atoms. The molecule has 0 saturated heterocycles. The van der Waals surface area contributed by atoms with Crippen LogP contribution in [-0.2, 0) is 0 Å². The van der Waals surface area contributed by atoms with Gasteiger partial charge in [0.2, 0.25) is 0 Å². The summed E-state index contributed by atoms with van der Waals surface area (Å²) in [6.07, 6.45) is 1.77.